The van der Waals surface area contributed by atoms with Crippen molar-refractivity contribution in [3.05, 3.63) is 105 Å². The molecular weight excluding hydrogens is 584 g/mol. The maximum absolute atomic E-state index is 13.1. The number of carbonyl (C=O) groups is 1. The molecule has 0 aliphatic carbocycles. The van der Waals surface area contributed by atoms with E-state index in [1.165, 1.54) is 24.3 Å². The maximum atomic E-state index is 13.1. The number of anilines is 1. The van der Waals surface area contributed by atoms with Gasteiger partial charge in [-0.1, -0.05) is 12.1 Å². The Morgan fingerprint density at radius 2 is 1.72 bits per heavy atom. The molecule has 224 valence electrons. The molecule has 8 nitrogen and oxygen atoms in total. The smallest absolute Gasteiger partial charge is 0.416 e. The zero-order valence-corrected chi connectivity index (χ0v) is 22.2. The molecule has 14 heteroatoms. The van der Waals surface area contributed by atoms with E-state index in [-0.39, 0.29) is 41.3 Å². The van der Waals surface area contributed by atoms with Gasteiger partial charge in [0, 0.05) is 17.3 Å². The second-order valence-corrected chi connectivity index (χ2v) is 8.68. The Balaban J connectivity index is 2.05. The van der Waals surface area contributed by atoms with Crippen LogP contribution in [0.1, 0.15) is 29.2 Å². The van der Waals surface area contributed by atoms with Crippen LogP contribution in [0.2, 0.25) is 0 Å². The predicted molar refractivity (Wildman–Crippen MR) is 143 cm³/mol. The minimum absolute atomic E-state index is 0.0297. The molecule has 0 bridgehead atoms. The van der Waals surface area contributed by atoms with Crippen molar-refractivity contribution < 1.29 is 45.5 Å². The topological polar surface area (TPSA) is 114 Å². The van der Waals surface area contributed by atoms with E-state index in [0.717, 1.165) is 24.3 Å². The third kappa shape index (κ3) is 8.13. The molecule has 0 fully saturated rings. The maximum Gasteiger partial charge on any atom is 0.416 e. The first-order chi connectivity index (χ1) is 20.2. The van der Waals surface area contributed by atoms with Crippen molar-refractivity contribution in [2.24, 2.45) is 0 Å². The number of hydrogen-bond acceptors (Lipinski definition) is 6. The van der Waals surface area contributed by atoms with E-state index < -0.39 is 51.3 Å². The van der Waals surface area contributed by atoms with Gasteiger partial charge in [0.1, 0.15) is 11.6 Å². The van der Waals surface area contributed by atoms with Gasteiger partial charge in [-0.3, -0.25) is 14.9 Å². The van der Waals surface area contributed by atoms with Gasteiger partial charge in [0.05, 0.1) is 22.7 Å². The molecule has 0 saturated carbocycles. The third-order valence-corrected chi connectivity index (χ3v) is 5.64. The number of benzene rings is 3. The lowest BCUT2D eigenvalue weighted by Crippen LogP contribution is -2.14. The first-order valence-electron chi connectivity index (χ1n) is 12.2. The summed E-state index contributed by atoms with van der Waals surface area (Å²) in [6.45, 7) is 5.28. The molecule has 43 heavy (non-hydrogen) atoms. The number of halogens is 6. The molecule has 0 aliphatic heterocycles. The van der Waals surface area contributed by atoms with Crippen LogP contribution >= 0.6 is 0 Å². The third-order valence-electron chi connectivity index (χ3n) is 5.64. The van der Waals surface area contributed by atoms with E-state index in [2.05, 4.69) is 11.9 Å². The number of carbonyl (C=O) groups excluding carboxylic acids is 1. The van der Waals surface area contributed by atoms with Gasteiger partial charge in [0.15, 0.2) is 11.5 Å². The number of alkyl halides is 6. The fourth-order valence-electron chi connectivity index (χ4n) is 3.77. The molecule has 3 aromatic carbocycles. The van der Waals surface area contributed by atoms with Crippen LogP contribution in [0.4, 0.5) is 37.7 Å². The molecule has 0 atom stereocenters. The number of nitriles is 1. The number of hydrogen-bond donors (Lipinski definition) is 1. The number of nitro benzene ring substituents is 1. The zero-order chi connectivity index (χ0) is 31.9. The quantitative estimate of drug-likeness (QED) is 0.0624. The molecule has 0 saturated heterocycles. The van der Waals surface area contributed by atoms with Crippen molar-refractivity contribution >= 4 is 23.4 Å². The fourth-order valence-corrected chi connectivity index (χ4v) is 3.77. The van der Waals surface area contributed by atoms with E-state index in [9.17, 15) is 46.5 Å². The summed E-state index contributed by atoms with van der Waals surface area (Å²) >= 11 is 0. The van der Waals surface area contributed by atoms with Crippen LogP contribution in [-0.2, 0) is 23.6 Å². The van der Waals surface area contributed by atoms with Crippen LogP contribution in [0, 0.1) is 21.4 Å². The minimum atomic E-state index is -4.84. The molecule has 0 unspecified atom stereocenters. The lowest BCUT2D eigenvalue weighted by atomic mass is 10.0. The highest BCUT2D eigenvalue weighted by atomic mass is 19.4. The average molecular weight is 605 g/mol. The first kappa shape index (κ1) is 32.2. The van der Waals surface area contributed by atoms with Gasteiger partial charge < -0.3 is 14.8 Å². The number of ether oxygens (including phenoxy) is 2. The lowest BCUT2D eigenvalue weighted by Gasteiger charge is -2.17. The standard InChI is InChI=1S/C29H21F6N3O5/c1-3-6-18-11-17(12-19(16-36)27(39)37-22-8-5-7-20(14-22)28(30,31)32)13-25(42-4-2)26(18)43-24-10-9-21(29(33,34)35)15-23(24)38(40)41/h3,5,7-15H,1,4,6H2,2H3,(H,37,39)/b19-12+. The Hall–Kier alpha value is -5.32. The molecule has 3 aromatic rings. The number of allylic oxidation sites excluding steroid dienone is 1. The average Bonchev–Trinajstić information content (AvgIpc) is 2.92. The highest BCUT2D eigenvalue weighted by molar-refractivity contribution is 6.09. The van der Waals surface area contributed by atoms with Gasteiger partial charge >= 0.3 is 18.0 Å². The van der Waals surface area contributed by atoms with E-state index in [0.29, 0.717) is 18.2 Å². The fraction of sp³-hybridized carbons (Fsp3) is 0.172. The Labute approximate surface area is 240 Å². The Morgan fingerprint density at radius 3 is 2.30 bits per heavy atom. The highest BCUT2D eigenvalue weighted by Gasteiger charge is 2.34. The van der Waals surface area contributed by atoms with Crippen molar-refractivity contribution in [2.45, 2.75) is 25.7 Å². The summed E-state index contributed by atoms with van der Waals surface area (Å²) in [5, 5.41) is 23.4. The Kier molecular flexibility index (Phi) is 9.82. The van der Waals surface area contributed by atoms with Crippen LogP contribution in [0.5, 0.6) is 17.2 Å². The number of nitro groups is 1. The summed E-state index contributed by atoms with van der Waals surface area (Å²) in [5.74, 6) is -1.64. The van der Waals surface area contributed by atoms with E-state index in [1.807, 2.05) is 0 Å². The number of nitrogens with one attached hydrogen (secondary N) is 1. The molecule has 1 N–H and O–H groups in total. The van der Waals surface area contributed by atoms with Crippen LogP contribution in [0.3, 0.4) is 0 Å². The molecular formula is C29H21F6N3O5. The summed E-state index contributed by atoms with van der Waals surface area (Å²) in [6, 6.07) is 9.99. The van der Waals surface area contributed by atoms with E-state index in [4.69, 9.17) is 9.47 Å². The molecule has 1 amide bonds. The Bertz CT molecular complexity index is 1620. The summed E-state index contributed by atoms with van der Waals surface area (Å²) < 4.78 is 89.8. The summed E-state index contributed by atoms with van der Waals surface area (Å²) in [6.07, 6.45) is -6.88. The number of rotatable bonds is 10. The first-order valence-corrected chi connectivity index (χ1v) is 12.2. The van der Waals surface area contributed by atoms with Gasteiger partial charge in [0.25, 0.3) is 5.91 Å². The van der Waals surface area contributed by atoms with Gasteiger partial charge in [-0.25, -0.2) is 0 Å². The van der Waals surface area contributed by atoms with Crippen LogP contribution in [-0.4, -0.2) is 17.4 Å². The van der Waals surface area contributed by atoms with Crippen molar-refractivity contribution in [1.82, 2.24) is 0 Å². The van der Waals surface area contributed by atoms with Crippen molar-refractivity contribution in [2.75, 3.05) is 11.9 Å². The van der Waals surface area contributed by atoms with Gasteiger partial charge in [0.2, 0.25) is 5.75 Å². The normalized spacial score (nSPS) is 11.8. The van der Waals surface area contributed by atoms with Gasteiger partial charge in [-0.05, 0) is 67.4 Å². The molecule has 0 aromatic heterocycles. The number of nitrogens with zero attached hydrogens (tertiary/aromatic N) is 2. The van der Waals surface area contributed by atoms with E-state index >= 15 is 0 Å². The SMILES string of the molecule is C=CCc1cc(/C=C(\C#N)C(=O)Nc2cccc(C(F)(F)F)c2)cc(OCC)c1Oc1ccc(C(F)(F)F)cc1[N+](=O)[O-]. The molecule has 0 radical (unpaired) electrons. The molecule has 0 spiro atoms. The molecule has 0 heterocycles. The highest BCUT2D eigenvalue weighted by Crippen LogP contribution is 2.42. The zero-order valence-electron chi connectivity index (χ0n) is 22.2. The van der Waals surface area contributed by atoms with Crippen LogP contribution < -0.4 is 14.8 Å². The minimum Gasteiger partial charge on any atom is -0.490 e. The number of amides is 1. The summed E-state index contributed by atoms with van der Waals surface area (Å²) in [7, 11) is 0. The predicted octanol–water partition coefficient (Wildman–Crippen LogP) is 8.10. The summed E-state index contributed by atoms with van der Waals surface area (Å²) in [4.78, 5) is 23.3. The van der Waals surface area contributed by atoms with Gasteiger partial charge in [-0.2, -0.15) is 31.6 Å². The monoisotopic (exact) mass is 605 g/mol. The van der Waals surface area contributed by atoms with Crippen molar-refractivity contribution in [3.63, 3.8) is 0 Å². The lowest BCUT2D eigenvalue weighted by molar-refractivity contribution is -0.385. The largest absolute Gasteiger partial charge is 0.490 e. The second-order valence-electron chi connectivity index (χ2n) is 8.68. The van der Waals surface area contributed by atoms with Crippen molar-refractivity contribution in [3.8, 4) is 23.3 Å². The van der Waals surface area contributed by atoms with Crippen LogP contribution in [0.15, 0.2) is 72.8 Å². The molecule has 3 rings (SSSR count). The second kappa shape index (κ2) is 13.1. The molecule has 0 aliphatic rings. The summed E-state index contributed by atoms with van der Waals surface area (Å²) in [5.41, 5.74) is -3.43. The van der Waals surface area contributed by atoms with Crippen molar-refractivity contribution in [1.29, 1.82) is 5.26 Å². The van der Waals surface area contributed by atoms with Crippen LogP contribution in [0.25, 0.3) is 6.08 Å². The van der Waals surface area contributed by atoms with Gasteiger partial charge in [-0.15, -0.1) is 6.58 Å². The Morgan fingerprint density at radius 1 is 1.05 bits per heavy atom. The van der Waals surface area contributed by atoms with E-state index in [1.54, 1.807) is 13.0 Å².